The summed E-state index contributed by atoms with van der Waals surface area (Å²) in [6.07, 6.45) is 5.11. The van der Waals surface area contributed by atoms with E-state index in [0.29, 0.717) is 34.4 Å². The van der Waals surface area contributed by atoms with Gasteiger partial charge in [-0.2, -0.15) is 0 Å². The van der Waals surface area contributed by atoms with E-state index in [2.05, 4.69) is 15.0 Å². The van der Waals surface area contributed by atoms with Crippen LogP contribution in [0, 0.1) is 0 Å². The Morgan fingerprint density at radius 3 is 2.80 bits per heavy atom. The predicted octanol–water partition coefficient (Wildman–Crippen LogP) is 1.43. The summed E-state index contributed by atoms with van der Waals surface area (Å²) in [5.74, 6) is 1.01. The van der Waals surface area contributed by atoms with E-state index in [4.69, 9.17) is 10.5 Å². The Bertz CT molecular complexity index is 956. The van der Waals surface area contributed by atoms with Gasteiger partial charge in [0.2, 0.25) is 0 Å². The lowest BCUT2D eigenvalue weighted by molar-refractivity contribution is 0.348. The molecule has 0 saturated carbocycles. The van der Waals surface area contributed by atoms with Crippen LogP contribution in [0.25, 0.3) is 10.9 Å². The molecule has 3 rings (SSSR count). The number of aromatic nitrogens is 4. The zero-order valence-corrected chi connectivity index (χ0v) is 13.3. The van der Waals surface area contributed by atoms with Crippen LogP contribution in [0.2, 0.25) is 0 Å². The summed E-state index contributed by atoms with van der Waals surface area (Å²) in [7, 11) is 0. The summed E-state index contributed by atoms with van der Waals surface area (Å²) in [5.41, 5.74) is 6.02. The number of hydrogen-bond acceptors (Lipinski definition) is 6. The van der Waals surface area contributed by atoms with E-state index in [1.54, 1.807) is 36.7 Å². The molecule has 0 aliphatic rings. The van der Waals surface area contributed by atoms with Crippen molar-refractivity contribution < 1.29 is 9.13 Å². The molecular weight excluding hydrogens is 325 g/mol. The Balaban J connectivity index is 1.85. The second-order valence-electron chi connectivity index (χ2n) is 5.28. The summed E-state index contributed by atoms with van der Waals surface area (Å²) >= 11 is 0. The van der Waals surface area contributed by atoms with Crippen LogP contribution in [0.1, 0.15) is 5.82 Å². The number of rotatable bonds is 6. The van der Waals surface area contributed by atoms with Gasteiger partial charge in [-0.3, -0.25) is 9.36 Å². The van der Waals surface area contributed by atoms with Crippen molar-refractivity contribution in [3.63, 3.8) is 0 Å². The second kappa shape index (κ2) is 7.63. The third-order valence-corrected chi connectivity index (χ3v) is 3.57. The van der Waals surface area contributed by atoms with Gasteiger partial charge in [-0.1, -0.05) is 0 Å². The van der Waals surface area contributed by atoms with E-state index < -0.39 is 0 Å². The van der Waals surface area contributed by atoms with Crippen LogP contribution in [0.5, 0.6) is 5.75 Å². The summed E-state index contributed by atoms with van der Waals surface area (Å²) in [5, 5.41) is 0.450. The Hall–Kier alpha value is -3.13. The second-order valence-corrected chi connectivity index (χ2v) is 5.28. The van der Waals surface area contributed by atoms with Crippen LogP contribution in [0.15, 0.2) is 59.7 Å². The van der Waals surface area contributed by atoms with Crippen molar-refractivity contribution >= 4 is 10.9 Å². The molecule has 1 aromatic carbocycles. The molecule has 3 aromatic rings. The summed E-state index contributed by atoms with van der Waals surface area (Å²) < 4.78 is 19.4. The number of nitrogens with zero attached hydrogens (tertiary/aromatic N) is 4. The van der Waals surface area contributed by atoms with Gasteiger partial charge in [0.1, 0.15) is 18.2 Å². The molecule has 2 heterocycles. The average Bonchev–Trinajstić information content (AvgIpc) is 2.66. The molecule has 0 radical (unpaired) electrons. The van der Waals surface area contributed by atoms with Gasteiger partial charge in [0, 0.05) is 30.6 Å². The molecule has 128 valence electrons. The molecule has 2 N–H and O–H groups in total. The van der Waals surface area contributed by atoms with Crippen LogP contribution in [0.4, 0.5) is 4.39 Å². The van der Waals surface area contributed by atoms with Crippen molar-refractivity contribution in [1.29, 1.82) is 0 Å². The number of fused-ring (bicyclic) bond motifs is 1. The van der Waals surface area contributed by atoms with Gasteiger partial charge < -0.3 is 10.5 Å². The molecule has 0 aliphatic heterocycles. The molecule has 0 fully saturated rings. The van der Waals surface area contributed by atoms with Crippen molar-refractivity contribution in [3.05, 3.63) is 71.1 Å². The normalized spacial score (nSPS) is 11.7. The summed E-state index contributed by atoms with van der Waals surface area (Å²) in [6.45, 7) is 0.359. The highest BCUT2D eigenvalue weighted by Crippen LogP contribution is 2.17. The Morgan fingerprint density at radius 1 is 1.28 bits per heavy atom. The van der Waals surface area contributed by atoms with E-state index in [1.807, 2.05) is 0 Å². The fourth-order valence-electron chi connectivity index (χ4n) is 2.22. The molecule has 0 spiro atoms. The molecule has 2 aromatic heterocycles. The first-order valence-corrected chi connectivity index (χ1v) is 7.57. The Kier molecular flexibility index (Phi) is 5.10. The molecule has 0 atom stereocenters. The quantitative estimate of drug-likeness (QED) is 0.728. The van der Waals surface area contributed by atoms with Crippen LogP contribution >= 0.6 is 0 Å². The highest BCUT2D eigenvalue weighted by atomic mass is 19.1. The molecule has 8 heteroatoms. The first kappa shape index (κ1) is 16.7. The number of halogens is 1. The SMILES string of the molecule is NCC(=CF)COc1ccc2c(=O)n(Cc3ncccn3)cnc2c1. The molecule has 0 amide bonds. The molecule has 0 unspecified atom stereocenters. The van der Waals surface area contributed by atoms with Gasteiger partial charge in [-0.15, -0.1) is 0 Å². The first-order chi connectivity index (χ1) is 12.2. The topological polar surface area (TPSA) is 95.9 Å². The summed E-state index contributed by atoms with van der Waals surface area (Å²) in [4.78, 5) is 25.0. The highest BCUT2D eigenvalue weighted by molar-refractivity contribution is 5.78. The zero-order chi connectivity index (χ0) is 17.6. The largest absolute Gasteiger partial charge is 0.489 e. The predicted molar refractivity (Wildman–Crippen MR) is 90.9 cm³/mol. The lowest BCUT2D eigenvalue weighted by Crippen LogP contribution is -2.22. The van der Waals surface area contributed by atoms with Gasteiger partial charge in [0.05, 0.1) is 30.1 Å². The third-order valence-electron chi connectivity index (χ3n) is 3.57. The number of benzene rings is 1. The van der Waals surface area contributed by atoms with Gasteiger partial charge in [-0.25, -0.2) is 19.3 Å². The molecule has 7 nitrogen and oxygen atoms in total. The van der Waals surface area contributed by atoms with Gasteiger partial charge in [-0.05, 0) is 18.2 Å². The fourth-order valence-corrected chi connectivity index (χ4v) is 2.22. The minimum absolute atomic E-state index is 0.0426. The van der Waals surface area contributed by atoms with Crippen LogP contribution < -0.4 is 16.0 Å². The van der Waals surface area contributed by atoms with Crippen LogP contribution in [0.3, 0.4) is 0 Å². The molecule has 0 bridgehead atoms. The van der Waals surface area contributed by atoms with Crippen molar-refractivity contribution in [2.75, 3.05) is 13.2 Å². The maximum Gasteiger partial charge on any atom is 0.261 e. The smallest absolute Gasteiger partial charge is 0.261 e. The average molecular weight is 341 g/mol. The lowest BCUT2D eigenvalue weighted by Gasteiger charge is -2.09. The van der Waals surface area contributed by atoms with Crippen molar-refractivity contribution in [2.45, 2.75) is 6.54 Å². The number of nitrogens with two attached hydrogens (primary N) is 1. The van der Waals surface area contributed by atoms with Crippen LogP contribution in [-0.4, -0.2) is 32.7 Å². The summed E-state index contributed by atoms with van der Waals surface area (Å²) in [6, 6.07) is 6.61. The molecule has 0 saturated heterocycles. The van der Waals surface area contributed by atoms with Crippen molar-refractivity contribution in [3.8, 4) is 5.75 Å². The monoisotopic (exact) mass is 341 g/mol. The van der Waals surface area contributed by atoms with Crippen molar-refractivity contribution in [1.82, 2.24) is 19.5 Å². The Morgan fingerprint density at radius 2 is 2.08 bits per heavy atom. The Labute approximate surface area is 142 Å². The molecule has 0 aliphatic carbocycles. The third kappa shape index (κ3) is 3.86. The van der Waals surface area contributed by atoms with E-state index in [0.717, 1.165) is 0 Å². The minimum Gasteiger partial charge on any atom is -0.489 e. The molecular formula is C17H16FN5O2. The first-order valence-electron chi connectivity index (χ1n) is 7.57. The van der Waals surface area contributed by atoms with Gasteiger partial charge in [0.25, 0.3) is 5.56 Å². The minimum atomic E-state index is -0.199. The number of hydrogen-bond donors (Lipinski definition) is 1. The zero-order valence-electron chi connectivity index (χ0n) is 13.3. The number of ether oxygens (including phenoxy) is 1. The van der Waals surface area contributed by atoms with E-state index in [9.17, 15) is 9.18 Å². The highest BCUT2D eigenvalue weighted by Gasteiger charge is 2.07. The van der Waals surface area contributed by atoms with Crippen molar-refractivity contribution in [2.24, 2.45) is 5.73 Å². The van der Waals surface area contributed by atoms with Gasteiger partial charge >= 0.3 is 0 Å². The van der Waals surface area contributed by atoms with E-state index >= 15 is 0 Å². The van der Waals surface area contributed by atoms with E-state index in [1.165, 1.54) is 10.9 Å². The standard InChI is InChI=1S/C17H16FN5O2/c18-7-12(8-19)10-25-13-2-3-14-15(6-13)22-11-23(17(14)24)9-16-20-4-1-5-21-16/h1-7,11H,8-10,19H2. The lowest BCUT2D eigenvalue weighted by atomic mass is 10.2. The molecule has 25 heavy (non-hydrogen) atoms. The van der Waals surface area contributed by atoms with Crippen LogP contribution in [-0.2, 0) is 6.54 Å². The fraction of sp³-hybridized carbons (Fsp3) is 0.176. The maximum atomic E-state index is 12.6. The van der Waals surface area contributed by atoms with Gasteiger partial charge in [0.15, 0.2) is 0 Å². The maximum absolute atomic E-state index is 12.6. The van der Waals surface area contributed by atoms with E-state index in [-0.39, 0.29) is 25.3 Å².